The Morgan fingerprint density at radius 3 is 2.24 bits per heavy atom. The van der Waals surface area contributed by atoms with Crippen molar-refractivity contribution in [3.05, 3.63) is 35.4 Å². The van der Waals surface area contributed by atoms with Gasteiger partial charge in [-0.1, -0.05) is 44.5 Å². The minimum atomic E-state index is 0.186. The Bertz CT molecular complexity index is 303. The summed E-state index contributed by atoms with van der Waals surface area (Å²) in [5.74, 6) is 0.646. The second-order valence-electron chi connectivity index (χ2n) is 4.93. The van der Waals surface area contributed by atoms with Crippen LogP contribution in [0.5, 0.6) is 0 Å². The fourth-order valence-electron chi connectivity index (χ4n) is 2.16. The standard InChI is InChI=1S/C15H25NO/c1-3-4-13-5-7-14(8-6-13)9-12(2)15(10-16)11-17/h5-8,12,15,17H,3-4,9-11,16H2,1-2H3. The van der Waals surface area contributed by atoms with Crippen LogP contribution >= 0.6 is 0 Å². The lowest BCUT2D eigenvalue weighted by molar-refractivity contribution is 0.187. The number of nitrogens with two attached hydrogens (primary N) is 1. The van der Waals surface area contributed by atoms with Gasteiger partial charge in [0.15, 0.2) is 0 Å². The van der Waals surface area contributed by atoms with Gasteiger partial charge in [0.05, 0.1) is 0 Å². The summed E-state index contributed by atoms with van der Waals surface area (Å²) in [5.41, 5.74) is 8.38. The van der Waals surface area contributed by atoms with E-state index in [9.17, 15) is 5.11 Å². The highest BCUT2D eigenvalue weighted by Crippen LogP contribution is 2.17. The predicted molar refractivity (Wildman–Crippen MR) is 72.9 cm³/mol. The summed E-state index contributed by atoms with van der Waals surface area (Å²) in [6.45, 7) is 5.11. The molecule has 0 heterocycles. The van der Waals surface area contributed by atoms with Gasteiger partial charge in [0.25, 0.3) is 0 Å². The molecular weight excluding hydrogens is 210 g/mol. The van der Waals surface area contributed by atoms with Crippen molar-refractivity contribution < 1.29 is 5.11 Å². The zero-order valence-electron chi connectivity index (χ0n) is 11.0. The second kappa shape index (κ2) is 7.46. The van der Waals surface area contributed by atoms with E-state index >= 15 is 0 Å². The van der Waals surface area contributed by atoms with E-state index in [1.807, 2.05) is 0 Å². The fourth-order valence-corrected chi connectivity index (χ4v) is 2.16. The van der Waals surface area contributed by atoms with E-state index in [1.54, 1.807) is 0 Å². The maximum Gasteiger partial charge on any atom is 0.0474 e. The summed E-state index contributed by atoms with van der Waals surface area (Å²) in [6.07, 6.45) is 3.34. The second-order valence-corrected chi connectivity index (χ2v) is 4.93. The third-order valence-electron chi connectivity index (χ3n) is 3.46. The molecule has 2 atom stereocenters. The van der Waals surface area contributed by atoms with Gasteiger partial charge in [-0.25, -0.2) is 0 Å². The first kappa shape index (κ1) is 14.2. The lowest BCUT2D eigenvalue weighted by Gasteiger charge is -2.20. The van der Waals surface area contributed by atoms with Crippen molar-refractivity contribution in [2.75, 3.05) is 13.2 Å². The summed E-state index contributed by atoms with van der Waals surface area (Å²) < 4.78 is 0. The Kier molecular flexibility index (Phi) is 6.23. The molecule has 0 radical (unpaired) electrons. The maximum atomic E-state index is 9.21. The molecule has 17 heavy (non-hydrogen) atoms. The third-order valence-corrected chi connectivity index (χ3v) is 3.46. The number of aliphatic hydroxyl groups excluding tert-OH is 1. The highest BCUT2D eigenvalue weighted by atomic mass is 16.3. The summed E-state index contributed by atoms with van der Waals surface area (Å²) in [6, 6.07) is 8.82. The van der Waals surface area contributed by atoms with Crippen LogP contribution in [0.25, 0.3) is 0 Å². The van der Waals surface area contributed by atoms with E-state index in [4.69, 9.17) is 5.73 Å². The molecule has 3 N–H and O–H groups in total. The van der Waals surface area contributed by atoms with Crippen LogP contribution in [-0.2, 0) is 12.8 Å². The number of hydrogen-bond donors (Lipinski definition) is 2. The molecule has 0 bridgehead atoms. The van der Waals surface area contributed by atoms with Gasteiger partial charge in [0.2, 0.25) is 0 Å². The van der Waals surface area contributed by atoms with Crippen LogP contribution in [0.1, 0.15) is 31.4 Å². The number of aryl methyl sites for hydroxylation is 1. The topological polar surface area (TPSA) is 46.2 Å². The SMILES string of the molecule is CCCc1ccc(CC(C)C(CN)CO)cc1. The monoisotopic (exact) mass is 235 g/mol. The van der Waals surface area contributed by atoms with E-state index in [2.05, 4.69) is 38.1 Å². The van der Waals surface area contributed by atoms with Crippen LogP contribution in [0.15, 0.2) is 24.3 Å². The van der Waals surface area contributed by atoms with Crippen molar-refractivity contribution in [1.29, 1.82) is 0 Å². The van der Waals surface area contributed by atoms with E-state index in [1.165, 1.54) is 17.5 Å². The van der Waals surface area contributed by atoms with Gasteiger partial charge in [0, 0.05) is 6.61 Å². The Hall–Kier alpha value is -0.860. The minimum absolute atomic E-state index is 0.186. The molecular formula is C15H25NO. The maximum absolute atomic E-state index is 9.21. The Morgan fingerprint density at radius 1 is 1.18 bits per heavy atom. The van der Waals surface area contributed by atoms with Gasteiger partial charge < -0.3 is 10.8 Å². The molecule has 0 aliphatic carbocycles. The van der Waals surface area contributed by atoms with Crippen LogP contribution in [0.3, 0.4) is 0 Å². The van der Waals surface area contributed by atoms with Crippen LogP contribution in [0.2, 0.25) is 0 Å². The first-order chi connectivity index (χ1) is 8.21. The molecule has 0 spiro atoms. The molecule has 2 unspecified atom stereocenters. The lowest BCUT2D eigenvalue weighted by Crippen LogP contribution is -2.26. The van der Waals surface area contributed by atoms with Gasteiger partial charge in [-0.05, 0) is 42.3 Å². The molecule has 0 fully saturated rings. The molecule has 96 valence electrons. The quantitative estimate of drug-likeness (QED) is 0.762. The van der Waals surface area contributed by atoms with Crippen molar-refractivity contribution in [3.8, 4) is 0 Å². The molecule has 0 amide bonds. The number of benzene rings is 1. The fraction of sp³-hybridized carbons (Fsp3) is 0.600. The number of aliphatic hydroxyl groups is 1. The molecule has 2 nitrogen and oxygen atoms in total. The normalized spacial score (nSPS) is 14.6. The lowest BCUT2D eigenvalue weighted by atomic mass is 9.88. The van der Waals surface area contributed by atoms with Crippen molar-refractivity contribution in [2.24, 2.45) is 17.6 Å². The van der Waals surface area contributed by atoms with Gasteiger partial charge in [-0.2, -0.15) is 0 Å². The first-order valence-corrected chi connectivity index (χ1v) is 6.60. The average Bonchev–Trinajstić information content (AvgIpc) is 2.33. The molecule has 0 aromatic heterocycles. The van der Waals surface area contributed by atoms with E-state index in [-0.39, 0.29) is 12.5 Å². The molecule has 0 aliphatic rings. The van der Waals surface area contributed by atoms with Crippen molar-refractivity contribution in [3.63, 3.8) is 0 Å². The summed E-state index contributed by atoms with van der Waals surface area (Å²) in [5, 5.41) is 9.21. The number of hydrogen-bond acceptors (Lipinski definition) is 2. The Labute approximate surface area is 105 Å². The summed E-state index contributed by atoms with van der Waals surface area (Å²) in [7, 11) is 0. The zero-order valence-corrected chi connectivity index (χ0v) is 11.0. The van der Waals surface area contributed by atoms with Gasteiger partial charge in [0.1, 0.15) is 0 Å². The molecule has 1 aromatic rings. The van der Waals surface area contributed by atoms with Crippen LogP contribution < -0.4 is 5.73 Å². The molecule has 1 aromatic carbocycles. The minimum Gasteiger partial charge on any atom is -0.396 e. The van der Waals surface area contributed by atoms with Crippen LogP contribution in [0, 0.1) is 11.8 Å². The Balaban J connectivity index is 2.56. The number of rotatable bonds is 7. The van der Waals surface area contributed by atoms with Gasteiger partial charge in [-0.15, -0.1) is 0 Å². The van der Waals surface area contributed by atoms with E-state index in [0.717, 1.165) is 12.8 Å². The largest absolute Gasteiger partial charge is 0.396 e. The summed E-state index contributed by atoms with van der Waals surface area (Å²) >= 11 is 0. The van der Waals surface area contributed by atoms with Crippen molar-refractivity contribution >= 4 is 0 Å². The smallest absolute Gasteiger partial charge is 0.0474 e. The Morgan fingerprint density at radius 2 is 1.76 bits per heavy atom. The van der Waals surface area contributed by atoms with Crippen molar-refractivity contribution in [1.82, 2.24) is 0 Å². The molecule has 2 heteroatoms. The van der Waals surface area contributed by atoms with E-state index < -0.39 is 0 Å². The molecule has 1 rings (SSSR count). The average molecular weight is 235 g/mol. The van der Waals surface area contributed by atoms with Gasteiger partial charge in [-0.3, -0.25) is 0 Å². The third kappa shape index (κ3) is 4.49. The molecule has 0 saturated carbocycles. The predicted octanol–water partition coefficient (Wildman–Crippen LogP) is 2.38. The zero-order chi connectivity index (χ0) is 12.7. The first-order valence-electron chi connectivity index (χ1n) is 6.60. The van der Waals surface area contributed by atoms with Crippen LogP contribution in [-0.4, -0.2) is 18.3 Å². The highest BCUT2D eigenvalue weighted by Gasteiger charge is 2.14. The van der Waals surface area contributed by atoms with Crippen molar-refractivity contribution in [2.45, 2.75) is 33.1 Å². The molecule has 0 saturated heterocycles. The van der Waals surface area contributed by atoms with Gasteiger partial charge >= 0.3 is 0 Å². The van der Waals surface area contributed by atoms with Crippen LogP contribution in [0.4, 0.5) is 0 Å². The van der Waals surface area contributed by atoms with E-state index in [0.29, 0.717) is 12.5 Å². The highest BCUT2D eigenvalue weighted by molar-refractivity contribution is 5.23. The molecule has 0 aliphatic heterocycles. The summed E-state index contributed by atoms with van der Waals surface area (Å²) in [4.78, 5) is 0.